The zero-order valence-corrected chi connectivity index (χ0v) is 13.4. The Hall–Kier alpha value is -2.21. The summed E-state index contributed by atoms with van der Waals surface area (Å²) in [5.74, 6) is -0.543. The summed E-state index contributed by atoms with van der Waals surface area (Å²) in [4.78, 5) is 11.7. The highest BCUT2D eigenvalue weighted by Crippen LogP contribution is 2.16. The number of hydrazone groups is 1. The zero-order chi connectivity index (χ0) is 15.9. The van der Waals surface area contributed by atoms with E-state index in [1.165, 1.54) is 18.2 Å². The van der Waals surface area contributed by atoms with Crippen LogP contribution in [0.5, 0.6) is 5.75 Å². The van der Waals surface area contributed by atoms with E-state index in [9.17, 15) is 9.18 Å². The van der Waals surface area contributed by atoms with E-state index in [0.717, 1.165) is 10.0 Å². The van der Waals surface area contributed by atoms with Crippen LogP contribution in [0.25, 0.3) is 0 Å². The number of ether oxygens (including phenoxy) is 1. The van der Waals surface area contributed by atoms with E-state index < -0.39 is 11.7 Å². The molecule has 0 spiro atoms. The van der Waals surface area contributed by atoms with Gasteiger partial charge in [0.05, 0.1) is 5.71 Å². The summed E-state index contributed by atoms with van der Waals surface area (Å²) in [7, 11) is 0. The van der Waals surface area contributed by atoms with E-state index in [0.29, 0.717) is 11.5 Å². The fourth-order valence-electron chi connectivity index (χ4n) is 1.70. The monoisotopic (exact) mass is 364 g/mol. The number of nitrogens with zero attached hydrogens (tertiary/aromatic N) is 1. The van der Waals surface area contributed by atoms with Gasteiger partial charge >= 0.3 is 0 Å². The first-order valence-corrected chi connectivity index (χ1v) is 7.32. The lowest BCUT2D eigenvalue weighted by Crippen LogP contribution is -2.25. The lowest BCUT2D eigenvalue weighted by molar-refractivity contribution is -0.123. The van der Waals surface area contributed by atoms with Crippen molar-refractivity contribution in [2.24, 2.45) is 5.10 Å². The zero-order valence-electron chi connectivity index (χ0n) is 11.8. The Morgan fingerprint density at radius 3 is 2.77 bits per heavy atom. The van der Waals surface area contributed by atoms with Crippen molar-refractivity contribution in [3.8, 4) is 5.75 Å². The summed E-state index contributed by atoms with van der Waals surface area (Å²) in [5.41, 5.74) is 3.94. The molecule has 22 heavy (non-hydrogen) atoms. The van der Waals surface area contributed by atoms with Gasteiger partial charge in [-0.25, -0.2) is 9.82 Å². The summed E-state index contributed by atoms with van der Waals surface area (Å²) < 4.78 is 19.0. The van der Waals surface area contributed by atoms with Gasteiger partial charge in [-0.3, -0.25) is 4.79 Å². The molecule has 2 aromatic carbocycles. The lowest BCUT2D eigenvalue weighted by atomic mass is 10.1. The molecular weight excluding hydrogens is 351 g/mol. The number of hydrogen-bond acceptors (Lipinski definition) is 3. The number of benzene rings is 2. The SMILES string of the molecule is C/C(=N/NC(=O)COc1cccc(F)c1)c1ccccc1Br. The molecule has 0 radical (unpaired) electrons. The highest BCUT2D eigenvalue weighted by atomic mass is 79.9. The van der Waals surface area contributed by atoms with Crippen LogP contribution in [0.3, 0.4) is 0 Å². The molecule has 0 aliphatic heterocycles. The van der Waals surface area contributed by atoms with E-state index in [-0.39, 0.29) is 6.61 Å². The predicted molar refractivity (Wildman–Crippen MR) is 86.4 cm³/mol. The minimum absolute atomic E-state index is 0.240. The molecule has 0 aliphatic rings. The third-order valence-electron chi connectivity index (χ3n) is 2.78. The van der Waals surface area contributed by atoms with Crippen molar-refractivity contribution in [1.82, 2.24) is 5.43 Å². The van der Waals surface area contributed by atoms with Crippen molar-refractivity contribution in [1.29, 1.82) is 0 Å². The molecule has 0 heterocycles. The third kappa shape index (κ3) is 4.66. The molecule has 0 aliphatic carbocycles. The summed E-state index contributed by atoms with van der Waals surface area (Å²) in [6.07, 6.45) is 0. The van der Waals surface area contributed by atoms with Gasteiger partial charge < -0.3 is 4.74 Å². The number of amides is 1. The maximum atomic E-state index is 13.0. The predicted octanol–water partition coefficient (Wildman–Crippen LogP) is 3.51. The lowest BCUT2D eigenvalue weighted by Gasteiger charge is -2.06. The molecule has 2 rings (SSSR count). The molecule has 2 aromatic rings. The smallest absolute Gasteiger partial charge is 0.277 e. The first-order chi connectivity index (χ1) is 10.6. The third-order valence-corrected chi connectivity index (χ3v) is 3.47. The number of halogens is 2. The normalized spacial score (nSPS) is 11.1. The fourth-order valence-corrected chi connectivity index (χ4v) is 2.27. The molecule has 1 N–H and O–H groups in total. The second-order valence-corrected chi connectivity index (χ2v) is 5.31. The standard InChI is InChI=1S/C16H14BrFN2O2/c1-11(14-7-2-3-8-15(14)17)19-20-16(21)10-22-13-6-4-5-12(18)9-13/h2-9H,10H2,1H3,(H,20,21)/b19-11-. The molecular formula is C16H14BrFN2O2. The Morgan fingerprint density at radius 2 is 2.05 bits per heavy atom. The van der Waals surface area contributed by atoms with Crippen LogP contribution in [0, 0.1) is 5.82 Å². The van der Waals surface area contributed by atoms with E-state index in [1.807, 2.05) is 24.3 Å². The molecule has 0 fully saturated rings. The maximum absolute atomic E-state index is 13.0. The molecule has 0 saturated carbocycles. The van der Waals surface area contributed by atoms with Crippen molar-refractivity contribution in [2.75, 3.05) is 6.61 Å². The highest BCUT2D eigenvalue weighted by molar-refractivity contribution is 9.10. The van der Waals surface area contributed by atoms with Crippen molar-refractivity contribution in [3.63, 3.8) is 0 Å². The van der Waals surface area contributed by atoms with Crippen molar-refractivity contribution < 1.29 is 13.9 Å². The second kappa shape index (κ2) is 7.70. The second-order valence-electron chi connectivity index (χ2n) is 4.46. The van der Waals surface area contributed by atoms with Crippen LogP contribution in [0.15, 0.2) is 58.1 Å². The Kier molecular flexibility index (Phi) is 5.66. The Bertz CT molecular complexity index is 704. The largest absolute Gasteiger partial charge is 0.484 e. The Labute approximate surface area is 136 Å². The molecule has 0 atom stereocenters. The van der Waals surface area contributed by atoms with E-state index in [4.69, 9.17) is 4.74 Å². The minimum Gasteiger partial charge on any atom is -0.484 e. The first-order valence-electron chi connectivity index (χ1n) is 6.52. The molecule has 114 valence electrons. The van der Waals surface area contributed by atoms with E-state index >= 15 is 0 Å². The van der Waals surface area contributed by atoms with Gasteiger partial charge in [0, 0.05) is 16.1 Å². The van der Waals surface area contributed by atoms with Gasteiger partial charge in [0.2, 0.25) is 0 Å². The van der Waals surface area contributed by atoms with Crippen LogP contribution in [0.1, 0.15) is 12.5 Å². The van der Waals surface area contributed by atoms with Gasteiger partial charge in [-0.1, -0.05) is 40.2 Å². The maximum Gasteiger partial charge on any atom is 0.277 e. The van der Waals surface area contributed by atoms with Gasteiger partial charge in [-0.05, 0) is 25.1 Å². The molecule has 0 aromatic heterocycles. The van der Waals surface area contributed by atoms with Crippen molar-refractivity contribution in [3.05, 3.63) is 64.4 Å². The fraction of sp³-hybridized carbons (Fsp3) is 0.125. The van der Waals surface area contributed by atoms with Crippen LogP contribution < -0.4 is 10.2 Å². The molecule has 0 unspecified atom stereocenters. The number of hydrogen-bond donors (Lipinski definition) is 1. The summed E-state index contributed by atoms with van der Waals surface area (Å²) in [5, 5.41) is 4.02. The molecule has 0 saturated heterocycles. The average molecular weight is 365 g/mol. The summed E-state index contributed by atoms with van der Waals surface area (Å²) >= 11 is 3.42. The molecule has 1 amide bonds. The molecule has 0 bridgehead atoms. The first kappa shape index (κ1) is 16.2. The van der Waals surface area contributed by atoms with E-state index in [1.54, 1.807) is 13.0 Å². The van der Waals surface area contributed by atoms with Crippen LogP contribution in [-0.4, -0.2) is 18.2 Å². The molecule has 4 nitrogen and oxygen atoms in total. The number of nitrogens with one attached hydrogen (secondary N) is 1. The number of carbonyl (C=O) groups is 1. The van der Waals surface area contributed by atoms with Gasteiger partial charge in [-0.2, -0.15) is 5.10 Å². The average Bonchev–Trinajstić information content (AvgIpc) is 2.51. The summed E-state index contributed by atoms with van der Waals surface area (Å²) in [6, 6.07) is 13.2. The summed E-state index contributed by atoms with van der Waals surface area (Å²) in [6.45, 7) is 1.55. The van der Waals surface area contributed by atoms with Gasteiger partial charge in [0.1, 0.15) is 11.6 Å². The highest BCUT2D eigenvalue weighted by Gasteiger charge is 2.05. The number of carbonyl (C=O) groups excluding carboxylic acids is 1. The Morgan fingerprint density at radius 1 is 1.27 bits per heavy atom. The van der Waals surface area contributed by atoms with E-state index in [2.05, 4.69) is 26.5 Å². The van der Waals surface area contributed by atoms with Gasteiger partial charge in [0.25, 0.3) is 5.91 Å². The molecule has 6 heteroatoms. The van der Waals surface area contributed by atoms with Gasteiger partial charge in [0.15, 0.2) is 6.61 Å². The van der Waals surface area contributed by atoms with Crippen LogP contribution in [0.4, 0.5) is 4.39 Å². The van der Waals surface area contributed by atoms with Crippen LogP contribution in [-0.2, 0) is 4.79 Å². The van der Waals surface area contributed by atoms with Crippen LogP contribution >= 0.6 is 15.9 Å². The topological polar surface area (TPSA) is 50.7 Å². The number of rotatable bonds is 5. The van der Waals surface area contributed by atoms with Gasteiger partial charge in [-0.15, -0.1) is 0 Å². The van der Waals surface area contributed by atoms with Crippen LogP contribution in [0.2, 0.25) is 0 Å². The van der Waals surface area contributed by atoms with Crippen molar-refractivity contribution >= 4 is 27.5 Å². The minimum atomic E-state index is -0.421. The van der Waals surface area contributed by atoms with Crippen molar-refractivity contribution in [2.45, 2.75) is 6.92 Å². The Balaban J connectivity index is 1.90. The quantitative estimate of drug-likeness (QED) is 0.651.